The number of nitrogens with zero attached hydrogens (tertiary/aromatic N) is 3. The third kappa shape index (κ3) is 3.12. The Morgan fingerprint density at radius 1 is 1.44 bits per heavy atom. The number of carbonyl (C=O) groups is 1. The molecule has 3 N–H and O–H groups in total. The van der Waals surface area contributed by atoms with Gasteiger partial charge < -0.3 is 10.4 Å². The summed E-state index contributed by atoms with van der Waals surface area (Å²) in [6.07, 6.45) is 4.23. The normalized spacial score (nSPS) is 23.2. The van der Waals surface area contributed by atoms with E-state index >= 15 is 0 Å². The zero-order chi connectivity index (χ0) is 17.4. The smallest absolute Gasteiger partial charge is 0.272 e. The molecule has 0 spiro atoms. The molecule has 1 aliphatic rings. The van der Waals surface area contributed by atoms with Crippen molar-refractivity contribution in [2.24, 2.45) is 5.92 Å². The van der Waals surface area contributed by atoms with Crippen LogP contribution in [0.25, 0.3) is 10.9 Å². The van der Waals surface area contributed by atoms with Crippen molar-refractivity contribution in [1.82, 2.24) is 25.3 Å². The Kier molecular flexibility index (Phi) is 3.96. The molecule has 3 atom stereocenters. The number of hydrogen-bond donors (Lipinski definition) is 3. The zero-order valence-corrected chi connectivity index (χ0v) is 13.4. The summed E-state index contributed by atoms with van der Waals surface area (Å²) >= 11 is 0. The highest BCUT2D eigenvalue weighted by Gasteiger charge is 2.34. The van der Waals surface area contributed by atoms with E-state index in [0.29, 0.717) is 30.3 Å². The number of aromatic nitrogens is 4. The minimum Gasteiger partial charge on any atom is -0.391 e. The number of halogens is 1. The van der Waals surface area contributed by atoms with Gasteiger partial charge in [0, 0.05) is 24.3 Å². The van der Waals surface area contributed by atoms with Crippen molar-refractivity contribution in [2.75, 3.05) is 0 Å². The topological polar surface area (TPSA) is 95.8 Å². The lowest BCUT2D eigenvalue weighted by atomic mass is 10.1. The van der Waals surface area contributed by atoms with E-state index in [2.05, 4.69) is 20.6 Å². The summed E-state index contributed by atoms with van der Waals surface area (Å²) in [4.78, 5) is 12.5. The van der Waals surface area contributed by atoms with Crippen LogP contribution in [0.4, 0.5) is 4.39 Å². The fraction of sp³-hybridized carbons (Fsp3) is 0.353. The monoisotopic (exact) mass is 343 g/mol. The average molecular weight is 343 g/mol. The van der Waals surface area contributed by atoms with E-state index in [-0.39, 0.29) is 17.7 Å². The number of amides is 1. The van der Waals surface area contributed by atoms with Gasteiger partial charge in [-0.05, 0) is 43.0 Å². The molecule has 7 nitrogen and oxygen atoms in total. The van der Waals surface area contributed by atoms with Gasteiger partial charge in [-0.3, -0.25) is 14.6 Å². The van der Waals surface area contributed by atoms with Gasteiger partial charge in [-0.25, -0.2) is 4.39 Å². The fourth-order valence-electron chi connectivity index (χ4n) is 3.49. The molecule has 1 amide bonds. The molecule has 1 fully saturated rings. The Hall–Kier alpha value is -2.74. The van der Waals surface area contributed by atoms with Crippen molar-refractivity contribution >= 4 is 16.8 Å². The van der Waals surface area contributed by atoms with Crippen molar-refractivity contribution in [3.8, 4) is 0 Å². The van der Waals surface area contributed by atoms with Gasteiger partial charge in [-0.2, -0.15) is 10.2 Å². The number of rotatable bonds is 4. The van der Waals surface area contributed by atoms with Crippen molar-refractivity contribution in [3.05, 3.63) is 48.2 Å². The van der Waals surface area contributed by atoms with Crippen LogP contribution in [0.3, 0.4) is 0 Å². The minimum absolute atomic E-state index is 0.136. The quantitative estimate of drug-likeness (QED) is 0.668. The molecule has 0 saturated heterocycles. The van der Waals surface area contributed by atoms with E-state index in [4.69, 9.17) is 0 Å². The summed E-state index contributed by atoms with van der Waals surface area (Å²) in [5, 5.41) is 24.4. The summed E-state index contributed by atoms with van der Waals surface area (Å²) in [5.41, 5.74) is 0.729. The molecule has 1 aliphatic carbocycles. The lowest BCUT2D eigenvalue weighted by molar-refractivity contribution is 0.0869. The number of aliphatic hydroxyl groups excluding tert-OH is 1. The number of hydrogen-bond acceptors (Lipinski definition) is 4. The summed E-state index contributed by atoms with van der Waals surface area (Å²) in [5.74, 6) is -0.614. The van der Waals surface area contributed by atoms with Crippen molar-refractivity contribution in [3.63, 3.8) is 0 Å². The Bertz CT molecular complexity index is 892. The van der Waals surface area contributed by atoms with Gasteiger partial charge in [0.05, 0.1) is 17.7 Å². The number of aromatic amines is 1. The maximum atomic E-state index is 13.4. The van der Waals surface area contributed by atoms with Crippen molar-refractivity contribution < 1.29 is 14.3 Å². The van der Waals surface area contributed by atoms with Crippen LogP contribution in [-0.2, 0) is 6.54 Å². The molecule has 1 aromatic carbocycles. The zero-order valence-electron chi connectivity index (χ0n) is 13.4. The second-order valence-corrected chi connectivity index (χ2v) is 6.47. The molecule has 130 valence electrons. The number of benzene rings is 1. The second kappa shape index (κ2) is 6.29. The van der Waals surface area contributed by atoms with E-state index < -0.39 is 17.8 Å². The maximum Gasteiger partial charge on any atom is 0.272 e. The van der Waals surface area contributed by atoms with E-state index in [1.165, 1.54) is 12.1 Å². The molecule has 1 unspecified atom stereocenters. The molecular formula is C17H18FN5O2. The predicted octanol–water partition coefficient (Wildman–Crippen LogP) is 1.47. The molecule has 8 heteroatoms. The Labute approximate surface area is 142 Å². The standard InChI is InChI=1S/C17H18FN5O2/c18-11-2-3-13-12(8-11)16(22-21-13)17(25)20-14-6-10(7-15(14)24)9-23-5-1-4-19-23/h1-5,8,10,14-15,24H,6-7,9H2,(H,20,25)(H,21,22)/t10?,14-,15-/m1/s1. The summed E-state index contributed by atoms with van der Waals surface area (Å²) in [7, 11) is 0. The Morgan fingerprint density at radius 2 is 2.32 bits per heavy atom. The Balaban J connectivity index is 1.45. The predicted molar refractivity (Wildman–Crippen MR) is 88.3 cm³/mol. The van der Waals surface area contributed by atoms with Gasteiger partial charge in [-0.15, -0.1) is 0 Å². The third-order valence-electron chi connectivity index (χ3n) is 4.69. The molecule has 2 heterocycles. The number of carbonyl (C=O) groups excluding carboxylic acids is 1. The van der Waals surface area contributed by atoms with Crippen LogP contribution >= 0.6 is 0 Å². The van der Waals surface area contributed by atoms with Gasteiger partial charge in [0.25, 0.3) is 5.91 Å². The lowest BCUT2D eigenvalue weighted by Gasteiger charge is -2.15. The molecule has 0 radical (unpaired) electrons. The SMILES string of the molecule is O=C(N[C@@H]1CC(Cn2cccn2)C[C@H]1O)c1n[nH]c2ccc(F)cc12. The maximum absolute atomic E-state index is 13.4. The second-order valence-electron chi connectivity index (χ2n) is 6.47. The van der Waals surface area contributed by atoms with Crippen molar-refractivity contribution in [2.45, 2.75) is 31.5 Å². The first-order valence-electron chi connectivity index (χ1n) is 8.20. The summed E-state index contributed by atoms with van der Waals surface area (Å²) < 4.78 is 15.3. The first-order valence-corrected chi connectivity index (χ1v) is 8.20. The molecule has 3 aromatic rings. The van der Waals surface area contributed by atoms with E-state index in [1.807, 2.05) is 16.9 Å². The summed E-state index contributed by atoms with van der Waals surface area (Å²) in [6.45, 7) is 0.701. The van der Waals surface area contributed by atoms with Gasteiger partial charge in [-0.1, -0.05) is 0 Å². The molecule has 1 saturated carbocycles. The average Bonchev–Trinajstić information content (AvgIpc) is 3.29. The first kappa shape index (κ1) is 15.8. The number of fused-ring (bicyclic) bond motifs is 1. The fourth-order valence-corrected chi connectivity index (χ4v) is 3.49. The van der Waals surface area contributed by atoms with Crippen LogP contribution in [-0.4, -0.2) is 43.1 Å². The van der Waals surface area contributed by atoms with Crippen LogP contribution in [0.1, 0.15) is 23.3 Å². The third-order valence-corrected chi connectivity index (χ3v) is 4.69. The molecule has 0 bridgehead atoms. The van der Waals surface area contributed by atoms with Gasteiger partial charge >= 0.3 is 0 Å². The summed E-state index contributed by atoms with van der Waals surface area (Å²) in [6, 6.07) is 5.63. The molecule has 2 aromatic heterocycles. The van der Waals surface area contributed by atoms with Gasteiger partial charge in [0.15, 0.2) is 5.69 Å². The van der Waals surface area contributed by atoms with Gasteiger partial charge in [0.1, 0.15) is 5.82 Å². The molecule has 4 rings (SSSR count). The Morgan fingerprint density at radius 3 is 3.12 bits per heavy atom. The minimum atomic E-state index is -0.619. The van der Waals surface area contributed by atoms with Crippen LogP contribution < -0.4 is 5.32 Å². The number of nitrogens with one attached hydrogen (secondary N) is 2. The van der Waals surface area contributed by atoms with Gasteiger partial charge in [0.2, 0.25) is 0 Å². The van der Waals surface area contributed by atoms with E-state index in [1.54, 1.807) is 12.3 Å². The highest BCUT2D eigenvalue weighted by atomic mass is 19.1. The number of H-pyrrole nitrogens is 1. The van der Waals surface area contributed by atoms with E-state index in [9.17, 15) is 14.3 Å². The number of aliphatic hydroxyl groups is 1. The highest BCUT2D eigenvalue weighted by molar-refractivity contribution is 6.04. The first-order chi connectivity index (χ1) is 12.1. The van der Waals surface area contributed by atoms with E-state index in [0.717, 1.165) is 0 Å². The van der Waals surface area contributed by atoms with Crippen molar-refractivity contribution in [1.29, 1.82) is 0 Å². The largest absolute Gasteiger partial charge is 0.391 e. The highest BCUT2D eigenvalue weighted by Crippen LogP contribution is 2.28. The molecular weight excluding hydrogens is 325 g/mol. The van der Waals surface area contributed by atoms with Crippen LogP contribution in [0.2, 0.25) is 0 Å². The lowest BCUT2D eigenvalue weighted by Crippen LogP contribution is -2.40. The van der Waals surface area contributed by atoms with Crippen LogP contribution in [0, 0.1) is 11.7 Å². The van der Waals surface area contributed by atoms with Crippen LogP contribution in [0.15, 0.2) is 36.7 Å². The molecule has 25 heavy (non-hydrogen) atoms. The molecule has 0 aliphatic heterocycles. The van der Waals surface area contributed by atoms with Crippen LogP contribution in [0.5, 0.6) is 0 Å².